The summed E-state index contributed by atoms with van der Waals surface area (Å²) < 4.78 is 18.7. The van der Waals surface area contributed by atoms with E-state index in [-0.39, 0.29) is 17.7 Å². The Balaban J connectivity index is 2.26. The fraction of sp³-hybridized carbons (Fsp3) is 0.385. The number of aromatic nitrogens is 1. The van der Waals surface area contributed by atoms with Gasteiger partial charge in [0.05, 0.1) is 17.3 Å². The van der Waals surface area contributed by atoms with Crippen LogP contribution >= 0.6 is 11.3 Å². The van der Waals surface area contributed by atoms with Crippen LogP contribution in [0.4, 0.5) is 9.52 Å². The van der Waals surface area contributed by atoms with Crippen molar-refractivity contribution in [1.82, 2.24) is 4.98 Å². The molecule has 6 heteroatoms. The van der Waals surface area contributed by atoms with Gasteiger partial charge in [0.1, 0.15) is 11.9 Å². The lowest BCUT2D eigenvalue weighted by molar-refractivity contribution is -0.142. The molecule has 1 aromatic heterocycles. The Labute approximate surface area is 114 Å². The average Bonchev–Trinajstić information content (AvgIpc) is 2.76. The van der Waals surface area contributed by atoms with Gasteiger partial charge in [-0.25, -0.2) is 14.2 Å². The van der Waals surface area contributed by atoms with E-state index in [0.29, 0.717) is 10.6 Å². The number of hydrogen-bond donors (Lipinski definition) is 1. The molecule has 0 spiro atoms. The number of halogens is 1. The molecule has 0 aliphatic heterocycles. The molecule has 4 nitrogen and oxygen atoms in total. The minimum Gasteiger partial charge on any atom is -0.467 e. The quantitative estimate of drug-likeness (QED) is 0.876. The number of nitrogens with one attached hydrogen (secondary N) is 1. The molecule has 0 fully saturated rings. The Morgan fingerprint density at radius 2 is 2.21 bits per heavy atom. The molecule has 102 valence electrons. The summed E-state index contributed by atoms with van der Waals surface area (Å²) in [5, 5.41) is 3.64. The van der Waals surface area contributed by atoms with Crippen LogP contribution in [0.5, 0.6) is 0 Å². The second kappa shape index (κ2) is 5.52. The number of benzene rings is 1. The summed E-state index contributed by atoms with van der Waals surface area (Å²) in [5.41, 5.74) is 0.583. The highest BCUT2D eigenvalue weighted by atomic mass is 32.1. The Hall–Kier alpha value is -1.69. The first-order chi connectivity index (χ1) is 9.01. The third kappa shape index (κ3) is 3.01. The van der Waals surface area contributed by atoms with Crippen LogP contribution in [-0.2, 0) is 9.53 Å². The van der Waals surface area contributed by atoms with Crippen LogP contribution in [0.15, 0.2) is 18.2 Å². The second-order valence-corrected chi connectivity index (χ2v) is 5.55. The zero-order valence-corrected chi connectivity index (χ0v) is 11.8. The number of carbonyl (C=O) groups is 1. The van der Waals surface area contributed by atoms with Crippen LogP contribution in [-0.4, -0.2) is 24.1 Å². The summed E-state index contributed by atoms with van der Waals surface area (Å²) in [6.45, 7) is 3.84. The average molecular weight is 282 g/mol. The van der Waals surface area contributed by atoms with Gasteiger partial charge in [0, 0.05) is 6.07 Å². The molecule has 0 saturated carbocycles. The molecule has 0 bridgehead atoms. The van der Waals surface area contributed by atoms with E-state index in [2.05, 4.69) is 10.3 Å². The number of ether oxygens (including phenoxy) is 1. The summed E-state index contributed by atoms with van der Waals surface area (Å²) >= 11 is 1.38. The Morgan fingerprint density at radius 1 is 1.47 bits per heavy atom. The number of fused-ring (bicyclic) bond motifs is 1. The topological polar surface area (TPSA) is 51.2 Å². The first-order valence-corrected chi connectivity index (χ1v) is 6.73. The van der Waals surface area contributed by atoms with Crippen LogP contribution in [0.3, 0.4) is 0 Å². The van der Waals surface area contributed by atoms with E-state index < -0.39 is 6.04 Å². The van der Waals surface area contributed by atoms with E-state index in [1.165, 1.54) is 30.6 Å². The molecule has 1 heterocycles. The lowest BCUT2D eigenvalue weighted by atomic mass is 10.1. The highest BCUT2D eigenvalue weighted by molar-refractivity contribution is 7.22. The summed E-state index contributed by atoms with van der Waals surface area (Å²) in [4.78, 5) is 15.9. The first-order valence-electron chi connectivity index (χ1n) is 5.91. The predicted octanol–water partition coefficient (Wildman–Crippen LogP) is 3.04. The van der Waals surface area contributed by atoms with Crippen LogP contribution in [0.25, 0.3) is 10.2 Å². The zero-order valence-electron chi connectivity index (χ0n) is 10.9. The maximum atomic E-state index is 13.1. The molecular weight excluding hydrogens is 267 g/mol. The van der Waals surface area contributed by atoms with Crippen LogP contribution in [0, 0.1) is 11.7 Å². The number of carbonyl (C=O) groups excluding carboxylic acids is 1. The van der Waals surface area contributed by atoms with Crippen LogP contribution in [0.2, 0.25) is 0 Å². The van der Waals surface area contributed by atoms with Gasteiger partial charge in [-0.05, 0) is 18.1 Å². The van der Waals surface area contributed by atoms with Crippen molar-refractivity contribution in [1.29, 1.82) is 0 Å². The molecule has 19 heavy (non-hydrogen) atoms. The third-order valence-electron chi connectivity index (χ3n) is 2.75. The molecule has 1 aromatic carbocycles. The van der Waals surface area contributed by atoms with Gasteiger partial charge in [-0.15, -0.1) is 0 Å². The molecule has 1 unspecified atom stereocenters. The molecular formula is C13H15FN2O2S. The number of hydrogen-bond acceptors (Lipinski definition) is 5. The largest absolute Gasteiger partial charge is 0.467 e. The predicted molar refractivity (Wildman–Crippen MR) is 73.8 cm³/mol. The summed E-state index contributed by atoms with van der Waals surface area (Å²) in [6.07, 6.45) is 0. The molecule has 1 atom stereocenters. The van der Waals surface area contributed by atoms with Gasteiger partial charge < -0.3 is 10.1 Å². The van der Waals surface area contributed by atoms with Gasteiger partial charge in [0.2, 0.25) is 0 Å². The molecule has 0 aliphatic carbocycles. The van der Waals surface area contributed by atoms with E-state index in [1.54, 1.807) is 6.07 Å². The highest BCUT2D eigenvalue weighted by Crippen LogP contribution is 2.27. The molecule has 1 N–H and O–H groups in total. The standard InChI is InChI=1S/C13H15FN2O2S/c1-7(2)11(12(17)18-3)16-13-15-9-6-8(14)4-5-10(9)19-13/h4-7,11H,1-3H3,(H,15,16). The number of esters is 1. The second-order valence-electron chi connectivity index (χ2n) is 4.52. The number of nitrogens with zero attached hydrogens (tertiary/aromatic N) is 1. The maximum absolute atomic E-state index is 13.1. The summed E-state index contributed by atoms with van der Waals surface area (Å²) in [5.74, 6) is -0.589. The number of methoxy groups -OCH3 is 1. The van der Waals surface area contributed by atoms with Gasteiger partial charge >= 0.3 is 5.97 Å². The van der Waals surface area contributed by atoms with Crippen molar-refractivity contribution < 1.29 is 13.9 Å². The van der Waals surface area contributed by atoms with Crippen molar-refractivity contribution in [3.8, 4) is 0 Å². The van der Waals surface area contributed by atoms with Crippen molar-refractivity contribution >= 4 is 32.7 Å². The monoisotopic (exact) mass is 282 g/mol. The van der Waals surface area contributed by atoms with Crippen molar-refractivity contribution in [2.75, 3.05) is 12.4 Å². The van der Waals surface area contributed by atoms with E-state index >= 15 is 0 Å². The lowest BCUT2D eigenvalue weighted by Gasteiger charge is -2.18. The number of anilines is 1. The highest BCUT2D eigenvalue weighted by Gasteiger charge is 2.23. The smallest absolute Gasteiger partial charge is 0.328 e. The molecule has 0 amide bonds. The number of thiazole rings is 1. The Kier molecular flexibility index (Phi) is 3.99. The van der Waals surface area contributed by atoms with Crippen molar-refractivity contribution in [2.24, 2.45) is 5.92 Å². The van der Waals surface area contributed by atoms with Gasteiger partial charge in [-0.3, -0.25) is 0 Å². The fourth-order valence-corrected chi connectivity index (χ4v) is 2.60. The summed E-state index contributed by atoms with van der Waals surface area (Å²) in [7, 11) is 1.35. The maximum Gasteiger partial charge on any atom is 0.328 e. The van der Waals surface area contributed by atoms with Gasteiger partial charge in [0.25, 0.3) is 0 Å². The van der Waals surface area contributed by atoms with E-state index in [9.17, 15) is 9.18 Å². The minimum atomic E-state index is -0.463. The van der Waals surface area contributed by atoms with Crippen molar-refractivity contribution in [3.05, 3.63) is 24.0 Å². The van der Waals surface area contributed by atoms with E-state index in [0.717, 1.165) is 4.70 Å². The molecule has 0 saturated heterocycles. The van der Waals surface area contributed by atoms with Crippen LogP contribution < -0.4 is 5.32 Å². The SMILES string of the molecule is COC(=O)C(Nc1nc2cc(F)ccc2s1)C(C)C. The first kappa shape index (κ1) is 13.7. The van der Waals surface area contributed by atoms with E-state index in [4.69, 9.17) is 4.74 Å². The zero-order chi connectivity index (χ0) is 14.0. The molecule has 2 aromatic rings. The van der Waals surface area contributed by atoms with Crippen LogP contribution in [0.1, 0.15) is 13.8 Å². The van der Waals surface area contributed by atoms with Crippen molar-refractivity contribution in [2.45, 2.75) is 19.9 Å². The molecule has 2 rings (SSSR count). The summed E-state index contributed by atoms with van der Waals surface area (Å²) in [6, 6.07) is 3.98. The normalized spacial score (nSPS) is 12.7. The molecule has 0 radical (unpaired) electrons. The van der Waals surface area contributed by atoms with Gasteiger partial charge in [0.15, 0.2) is 5.13 Å². The Morgan fingerprint density at radius 3 is 2.84 bits per heavy atom. The van der Waals surface area contributed by atoms with Crippen molar-refractivity contribution in [3.63, 3.8) is 0 Å². The lowest BCUT2D eigenvalue weighted by Crippen LogP contribution is -2.35. The van der Waals surface area contributed by atoms with E-state index in [1.807, 2.05) is 13.8 Å². The Bertz CT molecular complexity index is 597. The van der Waals surface area contributed by atoms with Gasteiger partial charge in [-0.1, -0.05) is 25.2 Å². The minimum absolute atomic E-state index is 0.0659. The fourth-order valence-electron chi connectivity index (χ4n) is 1.72. The third-order valence-corrected chi connectivity index (χ3v) is 3.72. The number of rotatable bonds is 4. The molecule has 0 aliphatic rings. The van der Waals surface area contributed by atoms with Gasteiger partial charge in [-0.2, -0.15) is 0 Å².